The van der Waals surface area contributed by atoms with E-state index < -0.39 is 20.0 Å². The van der Waals surface area contributed by atoms with Crippen molar-refractivity contribution >= 4 is 25.6 Å². The first-order chi connectivity index (χ1) is 16.7. The van der Waals surface area contributed by atoms with Crippen LogP contribution in [0.2, 0.25) is 0 Å². The highest BCUT2D eigenvalue weighted by Crippen LogP contribution is 2.27. The van der Waals surface area contributed by atoms with Crippen molar-refractivity contribution in [3.63, 3.8) is 0 Å². The van der Waals surface area contributed by atoms with Gasteiger partial charge in [0.05, 0.1) is 9.79 Å². The van der Waals surface area contributed by atoms with Crippen molar-refractivity contribution in [3.8, 4) is 0 Å². The molecule has 1 aliphatic rings. The highest BCUT2D eigenvalue weighted by atomic mass is 32.2. The second kappa shape index (κ2) is 10.4. The zero-order valence-electron chi connectivity index (χ0n) is 19.3. The normalized spacial score (nSPS) is 15.2. The van der Waals surface area contributed by atoms with Crippen LogP contribution in [-0.2, 0) is 26.6 Å². The topological polar surface area (TPSA) is 74.8 Å². The van der Waals surface area contributed by atoms with E-state index in [0.29, 0.717) is 6.42 Å². The standard InChI is InChI=1S/C26H27FN2O4S2/c1-2-28(20-21-6-4-3-5-7-21)34(30,31)25-12-14-26(15-13-25)35(32,33)29-18-16-23(17-19-29)22-8-10-24(27)11-9-22/h3-16H,2,17-20H2,1H3. The van der Waals surface area contributed by atoms with Gasteiger partial charge < -0.3 is 0 Å². The van der Waals surface area contributed by atoms with E-state index in [2.05, 4.69) is 0 Å². The first kappa shape index (κ1) is 25.2. The van der Waals surface area contributed by atoms with Crippen molar-refractivity contribution in [1.82, 2.24) is 8.61 Å². The molecule has 184 valence electrons. The summed E-state index contributed by atoms with van der Waals surface area (Å²) in [4.78, 5) is 0.0903. The van der Waals surface area contributed by atoms with Crippen LogP contribution in [0, 0.1) is 5.82 Å². The number of nitrogens with zero attached hydrogens (tertiary/aromatic N) is 2. The Morgan fingerprint density at radius 2 is 1.49 bits per heavy atom. The van der Waals surface area contributed by atoms with Gasteiger partial charge in [-0.25, -0.2) is 21.2 Å². The number of hydrogen-bond acceptors (Lipinski definition) is 4. The molecule has 0 aromatic heterocycles. The van der Waals surface area contributed by atoms with Crippen LogP contribution in [0.3, 0.4) is 0 Å². The summed E-state index contributed by atoms with van der Waals surface area (Å²) >= 11 is 0. The molecular weight excluding hydrogens is 487 g/mol. The lowest BCUT2D eigenvalue weighted by Gasteiger charge is -2.26. The molecule has 0 fully saturated rings. The molecule has 3 aromatic rings. The minimum absolute atomic E-state index is 0.0428. The van der Waals surface area contributed by atoms with E-state index >= 15 is 0 Å². The van der Waals surface area contributed by atoms with Gasteiger partial charge in [0.1, 0.15) is 5.82 Å². The predicted octanol–water partition coefficient (Wildman–Crippen LogP) is 4.51. The Morgan fingerprint density at radius 3 is 2.06 bits per heavy atom. The lowest BCUT2D eigenvalue weighted by atomic mass is 10.0. The SMILES string of the molecule is CCN(Cc1ccccc1)S(=O)(=O)c1ccc(S(=O)(=O)N2CC=C(c3ccc(F)cc3)CC2)cc1. The number of benzene rings is 3. The number of rotatable bonds is 8. The fourth-order valence-electron chi connectivity index (χ4n) is 4.03. The zero-order valence-corrected chi connectivity index (χ0v) is 21.0. The van der Waals surface area contributed by atoms with E-state index in [-0.39, 0.29) is 41.8 Å². The first-order valence-electron chi connectivity index (χ1n) is 11.3. The zero-order chi connectivity index (χ0) is 25.1. The summed E-state index contributed by atoms with van der Waals surface area (Å²) in [5, 5.41) is 0. The minimum atomic E-state index is -3.79. The Labute approximate surface area is 206 Å². The molecule has 1 heterocycles. The molecule has 0 radical (unpaired) electrons. The van der Waals surface area contributed by atoms with Crippen LogP contribution in [0.15, 0.2) is 94.7 Å². The maximum Gasteiger partial charge on any atom is 0.243 e. The first-order valence-corrected chi connectivity index (χ1v) is 14.2. The van der Waals surface area contributed by atoms with Gasteiger partial charge in [0.2, 0.25) is 20.0 Å². The monoisotopic (exact) mass is 514 g/mol. The molecule has 0 unspecified atom stereocenters. The second-order valence-corrected chi connectivity index (χ2v) is 12.1. The highest BCUT2D eigenvalue weighted by Gasteiger charge is 2.28. The summed E-state index contributed by atoms with van der Waals surface area (Å²) in [6.45, 7) is 2.76. The van der Waals surface area contributed by atoms with Gasteiger partial charge >= 0.3 is 0 Å². The maximum atomic E-state index is 13.2. The molecule has 0 saturated carbocycles. The van der Waals surface area contributed by atoms with E-state index in [1.54, 1.807) is 19.1 Å². The van der Waals surface area contributed by atoms with Crippen LogP contribution in [0.25, 0.3) is 5.57 Å². The van der Waals surface area contributed by atoms with Gasteiger partial charge in [0.15, 0.2) is 0 Å². The lowest BCUT2D eigenvalue weighted by molar-refractivity contribution is 0.423. The molecule has 9 heteroatoms. The molecule has 0 spiro atoms. The second-order valence-electron chi connectivity index (χ2n) is 8.24. The van der Waals surface area contributed by atoms with Crippen LogP contribution in [0.1, 0.15) is 24.5 Å². The molecule has 4 rings (SSSR count). The Hall–Kier alpha value is -2.85. The van der Waals surface area contributed by atoms with E-state index in [4.69, 9.17) is 0 Å². The van der Waals surface area contributed by atoms with Crippen molar-refractivity contribution in [2.24, 2.45) is 0 Å². The van der Waals surface area contributed by atoms with E-state index in [9.17, 15) is 21.2 Å². The average molecular weight is 515 g/mol. The molecule has 0 saturated heterocycles. The fraction of sp³-hybridized carbons (Fsp3) is 0.231. The lowest BCUT2D eigenvalue weighted by Crippen LogP contribution is -2.34. The van der Waals surface area contributed by atoms with Gasteiger partial charge in [-0.15, -0.1) is 0 Å². The molecule has 0 bridgehead atoms. The molecule has 0 amide bonds. The van der Waals surface area contributed by atoms with Gasteiger partial charge in [-0.1, -0.05) is 55.5 Å². The third-order valence-electron chi connectivity index (χ3n) is 6.04. The molecule has 0 atom stereocenters. The van der Waals surface area contributed by atoms with Gasteiger partial charge in [-0.2, -0.15) is 8.61 Å². The Kier molecular flexibility index (Phi) is 7.51. The fourth-order valence-corrected chi connectivity index (χ4v) is 6.85. The summed E-state index contributed by atoms with van der Waals surface area (Å²) in [7, 11) is -7.58. The summed E-state index contributed by atoms with van der Waals surface area (Å²) in [5.41, 5.74) is 2.71. The molecular formula is C26H27FN2O4S2. The van der Waals surface area contributed by atoms with Crippen molar-refractivity contribution < 1.29 is 21.2 Å². The summed E-state index contributed by atoms with van der Waals surface area (Å²) in [6, 6.07) is 20.8. The molecule has 1 aliphatic heterocycles. The summed E-state index contributed by atoms with van der Waals surface area (Å²) < 4.78 is 68.5. The van der Waals surface area contributed by atoms with Crippen molar-refractivity contribution in [2.75, 3.05) is 19.6 Å². The molecule has 0 aliphatic carbocycles. The van der Waals surface area contributed by atoms with Crippen LogP contribution >= 0.6 is 0 Å². The Balaban J connectivity index is 1.50. The van der Waals surface area contributed by atoms with Gasteiger partial charge in [-0.3, -0.25) is 0 Å². The smallest absolute Gasteiger partial charge is 0.207 e. The minimum Gasteiger partial charge on any atom is -0.207 e. The highest BCUT2D eigenvalue weighted by molar-refractivity contribution is 7.89. The number of hydrogen-bond donors (Lipinski definition) is 0. The van der Waals surface area contributed by atoms with Crippen molar-refractivity contribution in [2.45, 2.75) is 29.7 Å². The molecule has 0 N–H and O–H groups in total. The van der Waals surface area contributed by atoms with Crippen LogP contribution in [0.5, 0.6) is 0 Å². The van der Waals surface area contributed by atoms with Crippen LogP contribution < -0.4 is 0 Å². The van der Waals surface area contributed by atoms with E-state index in [1.165, 1.54) is 45.0 Å². The average Bonchev–Trinajstić information content (AvgIpc) is 2.88. The van der Waals surface area contributed by atoms with E-state index in [0.717, 1.165) is 16.7 Å². The van der Waals surface area contributed by atoms with Gasteiger partial charge in [0.25, 0.3) is 0 Å². The Morgan fingerprint density at radius 1 is 0.857 bits per heavy atom. The molecule has 3 aromatic carbocycles. The van der Waals surface area contributed by atoms with Crippen molar-refractivity contribution in [3.05, 3.63) is 102 Å². The number of sulfonamides is 2. The third kappa shape index (κ3) is 5.54. The van der Waals surface area contributed by atoms with Crippen LogP contribution in [-0.4, -0.2) is 45.1 Å². The quantitative estimate of drug-likeness (QED) is 0.443. The van der Waals surface area contributed by atoms with Gasteiger partial charge in [0, 0.05) is 26.2 Å². The van der Waals surface area contributed by atoms with E-state index in [1.807, 2.05) is 36.4 Å². The van der Waals surface area contributed by atoms with Crippen molar-refractivity contribution in [1.29, 1.82) is 0 Å². The maximum absolute atomic E-state index is 13.2. The Bertz CT molecular complexity index is 1400. The summed E-state index contributed by atoms with van der Waals surface area (Å²) in [6.07, 6.45) is 2.33. The summed E-state index contributed by atoms with van der Waals surface area (Å²) in [5.74, 6) is -0.318. The predicted molar refractivity (Wildman–Crippen MR) is 134 cm³/mol. The molecule has 6 nitrogen and oxygen atoms in total. The van der Waals surface area contributed by atoms with Gasteiger partial charge in [-0.05, 0) is 59.5 Å². The largest absolute Gasteiger partial charge is 0.243 e. The third-order valence-corrected chi connectivity index (χ3v) is 9.86. The van der Waals surface area contributed by atoms with Crippen LogP contribution in [0.4, 0.5) is 4.39 Å². The molecule has 35 heavy (non-hydrogen) atoms. The number of halogens is 1.